The summed E-state index contributed by atoms with van der Waals surface area (Å²) in [5.74, 6) is -2.49. The Bertz CT molecular complexity index is 1040. The molecule has 156 valence electrons. The number of anilines is 1. The van der Waals surface area contributed by atoms with Gasteiger partial charge in [0.05, 0.1) is 23.2 Å². The Morgan fingerprint density at radius 1 is 1.21 bits per heavy atom. The first-order valence-corrected chi connectivity index (χ1v) is 10.1. The molecule has 0 aliphatic heterocycles. The van der Waals surface area contributed by atoms with Gasteiger partial charge in [0.2, 0.25) is 15.9 Å². The zero-order chi connectivity index (χ0) is 21.8. The third-order valence-corrected chi connectivity index (χ3v) is 4.27. The van der Waals surface area contributed by atoms with Crippen LogP contribution in [0.25, 0.3) is 5.83 Å². The number of nitrogens with zero attached hydrogens (tertiary/aromatic N) is 1. The monoisotopic (exact) mass is 431 g/mol. The number of alkyl halides is 3. The van der Waals surface area contributed by atoms with E-state index in [-0.39, 0.29) is 18.5 Å². The van der Waals surface area contributed by atoms with Gasteiger partial charge in [0, 0.05) is 6.08 Å². The van der Waals surface area contributed by atoms with E-state index in [1.54, 1.807) is 30.3 Å². The summed E-state index contributed by atoms with van der Waals surface area (Å²) in [5.41, 5.74) is 2.64. The number of hydrogen-bond acceptors (Lipinski definition) is 4. The van der Waals surface area contributed by atoms with Crippen LogP contribution in [0.2, 0.25) is 0 Å². The number of primary amides is 1. The lowest BCUT2D eigenvalue weighted by Gasteiger charge is -2.17. The Morgan fingerprint density at radius 3 is 2.34 bits per heavy atom. The summed E-state index contributed by atoms with van der Waals surface area (Å²) in [5, 5.41) is 0. The van der Waals surface area contributed by atoms with Crippen molar-refractivity contribution in [3.05, 3.63) is 65.0 Å². The van der Waals surface area contributed by atoms with Gasteiger partial charge in [-0.15, -0.1) is 0 Å². The van der Waals surface area contributed by atoms with Gasteiger partial charge in [0.1, 0.15) is 11.5 Å². The van der Waals surface area contributed by atoms with E-state index in [4.69, 9.17) is 5.73 Å². The van der Waals surface area contributed by atoms with Crippen LogP contribution in [0.5, 0.6) is 0 Å². The van der Waals surface area contributed by atoms with Crippen molar-refractivity contribution < 1.29 is 30.8 Å². The minimum absolute atomic E-state index is 0.151. The van der Waals surface area contributed by atoms with Gasteiger partial charge >= 0.3 is 6.18 Å². The van der Waals surface area contributed by atoms with Crippen molar-refractivity contribution in [1.29, 1.82) is 0 Å². The van der Waals surface area contributed by atoms with E-state index >= 15 is 0 Å². The zero-order valence-electron chi connectivity index (χ0n) is 15.1. The summed E-state index contributed by atoms with van der Waals surface area (Å²) in [6.45, 7) is 0. The number of rotatable bonds is 7. The summed E-state index contributed by atoms with van der Waals surface area (Å²) >= 11 is 0. The van der Waals surface area contributed by atoms with Crippen molar-refractivity contribution in [2.24, 2.45) is 5.73 Å². The van der Waals surface area contributed by atoms with Crippen molar-refractivity contribution in [2.75, 3.05) is 11.0 Å². The number of aryl methyl sites for hydroxylation is 2. The van der Waals surface area contributed by atoms with E-state index in [2.05, 4.69) is 4.98 Å². The maximum Gasteiger partial charge on any atom is 0.433 e. The lowest BCUT2D eigenvalue weighted by molar-refractivity contribution is -0.141. The highest BCUT2D eigenvalue weighted by Crippen LogP contribution is 2.36. The van der Waals surface area contributed by atoms with Crippen molar-refractivity contribution in [2.45, 2.75) is 19.0 Å². The zero-order valence-corrected chi connectivity index (χ0v) is 15.9. The molecule has 0 spiro atoms. The van der Waals surface area contributed by atoms with Crippen molar-refractivity contribution in [3.8, 4) is 0 Å². The predicted molar refractivity (Wildman–Crippen MR) is 99.8 cm³/mol. The van der Waals surface area contributed by atoms with E-state index < -0.39 is 44.9 Å². The van der Waals surface area contributed by atoms with E-state index in [0.29, 0.717) is 18.4 Å². The number of halogens is 4. The number of amides is 1. The molecule has 0 aliphatic carbocycles. The second-order valence-corrected chi connectivity index (χ2v) is 7.88. The number of carbonyl (C=O) groups is 1. The van der Waals surface area contributed by atoms with Gasteiger partial charge in [0.15, 0.2) is 0 Å². The molecule has 0 atom stereocenters. The van der Waals surface area contributed by atoms with E-state index in [1.165, 1.54) is 0 Å². The van der Waals surface area contributed by atoms with Gasteiger partial charge in [-0.25, -0.2) is 17.8 Å². The van der Waals surface area contributed by atoms with Gasteiger partial charge in [-0.3, -0.25) is 9.52 Å². The maximum absolute atomic E-state index is 14.6. The molecule has 1 amide bonds. The molecular weight excluding hydrogens is 414 g/mol. The first kappa shape index (κ1) is 22.3. The number of sulfonamides is 1. The Morgan fingerprint density at radius 2 is 1.83 bits per heavy atom. The molecule has 0 saturated carbocycles. The number of aromatic nitrogens is 1. The van der Waals surface area contributed by atoms with E-state index in [0.717, 1.165) is 5.56 Å². The molecule has 6 nitrogen and oxygen atoms in total. The SMILES string of the molecule is CS(=O)(=O)Nc1cc(C(F)(F)F)nc(CCc2ccccc2)c1C(F)=CC(N)=O. The highest BCUT2D eigenvalue weighted by molar-refractivity contribution is 7.92. The molecule has 11 heteroatoms. The Labute approximate surface area is 164 Å². The van der Waals surface area contributed by atoms with E-state index in [1.807, 2.05) is 4.72 Å². The number of nitrogens with two attached hydrogens (primary N) is 1. The van der Waals surface area contributed by atoms with Crippen molar-refractivity contribution >= 4 is 27.4 Å². The number of pyridine rings is 1. The lowest BCUT2D eigenvalue weighted by atomic mass is 10.0. The molecule has 1 heterocycles. The fraction of sp³-hybridized carbons (Fsp3) is 0.222. The van der Waals surface area contributed by atoms with Crippen LogP contribution in [-0.2, 0) is 33.8 Å². The molecule has 0 saturated heterocycles. The molecular formula is C18H17F4N3O3S. The largest absolute Gasteiger partial charge is 0.433 e. The molecule has 0 radical (unpaired) electrons. The van der Waals surface area contributed by atoms with Crippen LogP contribution in [0.3, 0.4) is 0 Å². The normalized spacial score (nSPS) is 12.7. The minimum Gasteiger partial charge on any atom is -0.366 e. The summed E-state index contributed by atoms with van der Waals surface area (Å²) in [6.07, 6.45) is -3.81. The second-order valence-electron chi connectivity index (χ2n) is 6.13. The molecule has 2 rings (SSSR count). The minimum atomic E-state index is -4.90. The van der Waals surface area contributed by atoms with Gasteiger partial charge in [-0.1, -0.05) is 30.3 Å². The smallest absolute Gasteiger partial charge is 0.366 e. The molecule has 0 unspecified atom stereocenters. The Kier molecular flexibility index (Phi) is 6.62. The van der Waals surface area contributed by atoms with E-state index in [9.17, 15) is 30.8 Å². The van der Waals surface area contributed by atoms with Crippen molar-refractivity contribution in [3.63, 3.8) is 0 Å². The Balaban J connectivity index is 2.67. The molecule has 1 aromatic heterocycles. The third-order valence-electron chi connectivity index (χ3n) is 3.68. The number of hydrogen-bond donors (Lipinski definition) is 2. The number of nitrogens with one attached hydrogen (secondary N) is 1. The van der Waals surface area contributed by atoms with Gasteiger partial charge in [-0.05, 0) is 24.5 Å². The van der Waals surface area contributed by atoms with Gasteiger partial charge < -0.3 is 5.73 Å². The second kappa shape index (κ2) is 8.60. The molecule has 29 heavy (non-hydrogen) atoms. The molecule has 0 bridgehead atoms. The lowest BCUT2D eigenvalue weighted by Crippen LogP contribution is -2.17. The molecule has 3 N–H and O–H groups in total. The molecule has 0 fully saturated rings. The average Bonchev–Trinajstić information content (AvgIpc) is 2.57. The maximum atomic E-state index is 14.6. The van der Waals surface area contributed by atoms with Crippen LogP contribution >= 0.6 is 0 Å². The molecule has 0 aliphatic rings. The van der Waals surface area contributed by atoms with Crippen LogP contribution in [0, 0.1) is 0 Å². The van der Waals surface area contributed by atoms with Crippen LogP contribution in [-0.4, -0.2) is 25.6 Å². The standard InChI is InChI=1S/C18H17F4N3O3S/c1-29(27,28)25-14-10-15(18(20,21)22)24-13(17(14)12(19)9-16(23)26)8-7-11-5-3-2-4-6-11/h2-6,9-10H,7-8H2,1H3,(H2,23,26)(H,24,25). The van der Waals surface area contributed by atoms with Crippen LogP contribution in [0.4, 0.5) is 23.2 Å². The Hall–Kier alpha value is -2.95. The molecule has 1 aromatic carbocycles. The quantitative estimate of drug-likeness (QED) is 0.520. The van der Waals surface area contributed by atoms with Crippen molar-refractivity contribution in [1.82, 2.24) is 4.98 Å². The summed E-state index contributed by atoms with van der Waals surface area (Å²) < 4.78 is 79.5. The fourth-order valence-corrected chi connectivity index (χ4v) is 3.14. The van der Waals surface area contributed by atoms with Gasteiger partial charge in [0.25, 0.3) is 0 Å². The summed E-state index contributed by atoms with van der Waals surface area (Å²) in [6, 6.07) is 9.01. The molecule has 2 aromatic rings. The topological polar surface area (TPSA) is 102 Å². The summed E-state index contributed by atoms with van der Waals surface area (Å²) in [7, 11) is -4.06. The average molecular weight is 431 g/mol. The van der Waals surface area contributed by atoms with Crippen LogP contribution in [0.15, 0.2) is 42.5 Å². The highest BCUT2D eigenvalue weighted by Gasteiger charge is 2.35. The van der Waals surface area contributed by atoms with Crippen LogP contribution < -0.4 is 10.5 Å². The first-order valence-electron chi connectivity index (χ1n) is 8.16. The first-order chi connectivity index (χ1) is 13.4. The predicted octanol–water partition coefficient (Wildman–Crippen LogP) is 3.05. The summed E-state index contributed by atoms with van der Waals surface area (Å²) in [4.78, 5) is 14.5. The van der Waals surface area contributed by atoms with Crippen LogP contribution in [0.1, 0.15) is 22.5 Å². The fourth-order valence-electron chi connectivity index (χ4n) is 2.58. The van der Waals surface area contributed by atoms with Gasteiger partial charge in [-0.2, -0.15) is 13.2 Å². The highest BCUT2D eigenvalue weighted by atomic mass is 32.2. The third kappa shape index (κ3) is 6.56. The number of benzene rings is 1. The number of carbonyl (C=O) groups excluding carboxylic acids is 1.